The zero-order valence-corrected chi connectivity index (χ0v) is 8.18. The van der Waals surface area contributed by atoms with Gasteiger partial charge in [0.2, 0.25) is 0 Å². The van der Waals surface area contributed by atoms with Crippen molar-refractivity contribution in [3.63, 3.8) is 0 Å². The van der Waals surface area contributed by atoms with Crippen LogP contribution in [0.3, 0.4) is 0 Å². The summed E-state index contributed by atoms with van der Waals surface area (Å²) in [6.45, 7) is 1.71. The SMILES string of the molecule is COC(=O)CCC(C)(Br)C=O. The van der Waals surface area contributed by atoms with E-state index in [0.717, 1.165) is 6.29 Å². The molecule has 0 fully saturated rings. The number of alkyl halides is 1. The molecular formula is C7H11BrO3. The van der Waals surface area contributed by atoms with Gasteiger partial charge in [-0.3, -0.25) is 4.79 Å². The van der Waals surface area contributed by atoms with Crippen LogP contribution in [0.15, 0.2) is 0 Å². The third kappa shape index (κ3) is 4.95. The highest BCUT2D eigenvalue weighted by Crippen LogP contribution is 2.20. The number of methoxy groups -OCH3 is 1. The molecule has 0 heterocycles. The van der Waals surface area contributed by atoms with Crippen molar-refractivity contribution < 1.29 is 14.3 Å². The number of esters is 1. The zero-order chi connectivity index (χ0) is 8.91. The molecule has 0 aromatic rings. The second kappa shape index (κ2) is 4.49. The van der Waals surface area contributed by atoms with E-state index in [2.05, 4.69) is 20.7 Å². The highest BCUT2D eigenvalue weighted by molar-refractivity contribution is 9.10. The largest absolute Gasteiger partial charge is 0.469 e. The molecule has 0 aliphatic carbocycles. The average Bonchev–Trinajstić information content (AvgIpc) is 2.00. The Morgan fingerprint density at radius 2 is 2.27 bits per heavy atom. The van der Waals surface area contributed by atoms with Crippen molar-refractivity contribution in [1.29, 1.82) is 0 Å². The molecule has 0 aromatic carbocycles. The van der Waals surface area contributed by atoms with Crippen molar-refractivity contribution in [3.05, 3.63) is 0 Å². The second-order valence-electron chi connectivity index (χ2n) is 2.47. The molecule has 0 saturated heterocycles. The van der Waals surface area contributed by atoms with E-state index in [1.807, 2.05) is 0 Å². The summed E-state index contributed by atoms with van der Waals surface area (Å²) in [4.78, 5) is 20.9. The lowest BCUT2D eigenvalue weighted by molar-refractivity contribution is -0.140. The summed E-state index contributed by atoms with van der Waals surface area (Å²) in [5.74, 6) is -0.294. The van der Waals surface area contributed by atoms with Gasteiger partial charge in [-0.15, -0.1) is 0 Å². The summed E-state index contributed by atoms with van der Waals surface area (Å²) >= 11 is 3.16. The van der Waals surface area contributed by atoms with Gasteiger partial charge >= 0.3 is 5.97 Å². The summed E-state index contributed by atoms with van der Waals surface area (Å²) < 4.78 is 3.82. The Kier molecular flexibility index (Phi) is 4.33. The first-order valence-corrected chi connectivity index (χ1v) is 4.03. The van der Waals surface area contributed by atoms with Crippen molar-refractivity contribution >= 4 is 28.2 Å². The van der Waals surface area contributed by atoms with E-state index in [-0.39, 0.29) is 12.4 Å². The number of ether oxygens (including phenoxy) is 1. The monoisotopic (exact) mass is 222 g/mol. The molecule has 1 atom stereocenters. The smallest absolute Gasteiger partial charge is 0.305 e. The van der Waals surface area contributed by atoms with E-state index in [9.17, 15) is 9.59 Å². The number of hydrogen-bond donors (Lipinski definition) is 0. The maximum absolute atomic E-state index is 10.6. The van der Waals surface area contributed by atoms with Gasteiger partial charge in [-0.2, -0.15) is 0 Å². The summed E-state index contributed by atoms with van der Waals surface area (Å²) in [5.41, 5.74) is 0. The van der Waals surface area contributed by atoms with Crippen LogP contribution in [0.2, 0.25) is 0 Å². The molecule has 0 saturated carbocycles. The van der Waals surface area contributed by atoms with E-state index in [0.29, 0.717) is 6.42 Å². The molecule has 0 aliphatic rings. The molecular weight excluding hydrogens is 212 g/mol. The van der Waals surface area contributed by atoms with Gasteiger partial charge in [0.05, 0.1) is 11.4 Å². The van der Waals surface area contributed by atoms with Crippen molar-refractivity contribution in [3.8, 4) is 0 Å². The number of rotatable bonds is 4. The number of hydrogen-bond acceptors (Lipinski definition) is 3. The second-order valence-corrected chi connectivity index (χ2v) is 4.28. The number of aldehydes is 1. The quantitative estimate of drug-likeness (QED) is 0.409. The van der Waals surface area contributed by atoms with E-state index >= 15 is 0 Å². The maximum Gasteiger partial charge on any atom is 0.305 e. The molecule has 0 spiro atoms. The van der Waals surface area contributed by atoms with Crippen molar-refractivity contribution in [2.75, 3.05) is 7.11 Å². The van der Waals surface area contributed by atoms with E-state index in [1.165, 1.54) is 7.11 Å². The lowest BCUT2D eigenvalue weighted by atomic mass is 10.1. The van der Waals surface area contributed by atoms with Crippen LogP contribution in [-0.2, 0) is 14.3 Å². The Balaban J connectivity index is 3.69. The fraction of sp³-hybridized carbons (Fsp3) is 0.714. The average molecular weight is 223 g/mol. The molecule has 0 aromatic heterocycles. The fourth-order valence-corrected chi connectivity index (χ4v) is 0.706. The van der Waals surface area contributed by atoms with Gasteiger partial charge in [-0.25, -0.2) is 0 Å². The summed E-state index contributed by atoms with van der Waals surface area (Å²) in [6.07, 6.45) is 1.50. The minimum Gasteiger partial charge on any atom is -0.469 e. The van der Waals surface area contributed by atoms with Crippen molar-refractivity contribution in [1.82, 2.24) is 0 Å². The first kappa shape index (κ1) is 10.6. The van der Waals surface area contributed by atoms with E-state index in [4.69, 9.17) is 0 Å². The molecule has 3 nitrogen and oxygen atoms in total. The topological polar surface area (TPSA) is 43.4 Å². The molecule has 0 amide bonds. The molecule has 0 N–H and O–H groups in total. The minimum atomic E-state index is -0.596. The molecule has 4 heteroatoms. The number of halogens is 1. The summed E-state index contributed by atoms with van der Waals surface area (Å²) in [6, 6.07) is 0. The highest BCUT2D eigenvalue weighted by atomic mass is 79.9. The predicted octanol–water partition coefficient (Wildman–Crippen LogP) is 1.29. The van der Waals surface area contributed by atoms with Crippen LogP contribution in [0.5, 0.6) is 0 Å². The molecule has 0 bridgehead atoms. The number of carbonyl (C=O) groups excluding carboxylic acids is 2. The van der Waals surface area contributed by atoms with Crippen LogP contribution in [0.1, 0.15) is 19.8 Å². The van der Waals surface area contributed by atoms with Crippen LogP contribution in [0, 0.1) is 0 Å². The molecule has 11 heavy (non-hydrogen) atoms. The molecule has 64 valence electrons. The Labute approximate surface area is 74.2 Å². The first-order chi connectivity index (χ1) is 5.02. The van der Waals surface area contributed by atoms with E-state index in [1.54, 1.807) is 6.92 Å². The number of carbonyl (C=O) groups is 2. The maximum atomic E-state index is 10.6. The van der Waals surface area contributed by atoms with Gasteiger partial charge in [0.1, 0.15) is 6.29 Å². The first-order valence-electron chi connectivity index (χ1n) is 3.24. The standard InChI is InChI=1S/C7H11BrO3/c1-7(8,5-9)4-3-6(10)11-2/h5H,3-4H2,1-2H3. The molecule has 0 aliphatic heterocycles. The Morgan fingerprint density at radius 1 is 1.73 bits per heavy atom. The van der Waals surface area contributed by atoms with Gasteiger partial charge in [-0.05, 0) is 13.3 Å². The molecule has 1 unspecified atom stereocenters. The van der Waals surface area contributed by atoms with Gasteiger partial charge < -0.3 is 9.53 Å². The van der Waals surface area contributed by atoms with Crippen LogP contribution in [-0.4, -0.2) is 23.7 Å². The third-order valence-corrected chi connectivity index (χ3v) is 1.87. The van der Waals surface area contributed by atoms with Crippen LogP contribution in [0.25, 0.3) is 0 Å². The fourth-order valence-electron chi connectivity index (χ4n) is 0.507. The molecule has 0 rings (SSSR count). The zero-order valence-electron chi connectivity index (χ0n) is 6.59. The normalized spacial score (nSPS) is 15.2. The van der Waals surface area contributed by atoms with Crippen molar-refractivity contribution in [2.45, 2.75) is 24.1 Å². The highest BCUT2D eigenvalue weighted by Gasteiger charge is 2.20. The molecule has 0 radical (unpaired) electrons. The van der Waals surface area contributed by atoms with Gasteiger partial charge in [-0.1, -0.05) is 15.9 Å². The predicted molar refractivity (Wildman–Crippen MR) is 44.6 cm³/mol. The summed E-state index contributed by atoms with van der Waals surface area (Å²) in [5, 5.41) is 0. The minimum absolute atomic E-state index is 0.261. The lowest BCUT2D eigenvalue weighted by Gasteiger charge is -2.12. The van der Waals surface area contributed by atoms with Crippen LogP contribution < -0.4 is 0 Å². The van der Waals surface area contributed by atoms with Gasteiger partial charge in [0, 0.05) is 6.42 Å². The Bertz CT molecular complexity index is 154. The van der Waals surface area contributed by atoms with Crippen molar-refractivity contribution in [2.24, 2.45) is 0 Å². The summed E-state index contributed by atoms with van der Waals surface area (Å²) in [7, 11) is 1.33. The Hall–Kier alpha value is -0.380. The Morgan fingerprint density at radius 3 is 2.64 bits per heavy atom. The van der Waals surface area contributed by atoms with Gasteiger partial charge in [0.15, 0.2) is 0 Å². The van der Waals surface area contributed by atoms with Crippen LogP contribution in [0.4, 0.5) is 0 Å². The lowest BCUT2D eigenvalue weighted by Crippen LogP contribution is -2.19. The third-order valence-electron chi connectivity index (χ3n) is 1.29. The van der Waals surface area contributed by atoms with E-state index < -0.39 is 4.32 Å². The van der Waals surface area contributed by atoms with Crippen LogP contribution >= 0.6 is 15.9 Å². The van der Waals surface area contributed by atoms with Gasteiger partial charge in [0.25, 0.3) is 0 Å².